The lowest BCUT2D eigenvalue weighted by molar-refractivity contribution is 0.0994. The topological polar surface area (TPSA) is 46.2 Å². The zero-order valence-electron chi connectivity index (χ0n) is 10.2. The van der Waals surface area contributed by atoms with Crippen molar-refractivity contribution in [1.82, 2.24) is 0 Å². The van der Waals surface area contributed by atoms with E-state index in [0.29, 0.717) is 17.5 Å². The Morgan fingerprint density at radius 2 is 2.00 bits per heavy atom. The number of aliphatic hydroxyl groups excluding tert-OH is 1. The molecule has 1 aromatic rings. The van der Waals surface area contributed by atoms with E-state index < -0.39 is 6.10 Å². The van der Waals surface area contributed by atoms with Gasteiger partial charge in [0.05, 0.1) is 6.10 Å². The zero-order chi connectivity index (χ0) is 13.0. The predicted octanol–water partition coefficient (Wildman–Crippen LogP) is 3.76. The minimum atomic E-state index is -0.558. The van der Waals surface area contributed by atoms with Crippen LogP contribution in [0.1, 0.15) is 31.9 Å². The van der Waals surface area contributed by atoms with Gasteiger partial charge < -0.3 is 10.8 Å². The minimum Gasteiger partial charge on any atom is -0.388 e. The Morgan fingerprint density at radius 3 is 2.47 bits per heavy atom. The molecule has 0 heterocycles. The van der Waals surface area contributed by atoms with Crippen LogP contribution >= 0.6 is 27.5 Å². The van der Waals surface area contributed by atoms with E-state index >= 15 is 0 Å². The molecule has 3 N–H and O–H groups in total. The Hall–Kier alpha value is -0.0900. The molecule has 96 valence electrons. The van der Waals surface area contributed by atoms with Gasteiger partial charge in [-0.05, 0) is 42.6 Å². The van der Waals surface area contributed by atoms with E-state index in [1.165, 1.54) is 0 Å². The van der Waals surface area contributed by atoms with Crippen LogP contribution in [0.2, 0.25) is 5.02 Å². The van der Waals surface area contributed by atoms with E-state index in [1.54, 1.807) is 12.1 Å². The van der Waals surface area contributed by atoms with Crippen LogP contribution in [-0.4, -0.2) is 11.7 Å². The molecular formula is C13H19BrClNO. The van der Waals surface area contributed by atoms with E-state index in [0.717, 1.165) is 16.5 Å². The van der Waals surface area contributed by atoms with Crippen molar-refractivity contribution in [3.63, 3.8) is 0 Å². The molecule has 0 aliphatic rings. The highest BCUT2D eigenvalue weighted by atomic mass is 79.9. The van der Waals surface area contributed by atoms with Gasteiger partial charge in [0.25, 0.3) is 0 Å². The molecule has 0 bridgehead atoms. The molecular weight excluding hydrogens is 302 g/mol. The van der Waals surface area contributed by atoms with Gasteiger partial charge in [-0.3, -0.25) is 0 Å². The lowest BCUT2D eigenvalue weighted by Crippen LogP contribution is -2.23. The van der Waals surface area contributed by atoms with Gasteiger partial charge in [0.15, 0.2) is 0 Å². The number of nitrogens with two attached hydrogens (primary N) is 1. The summed E-state index contributed by atoms with van der Waals surface area (Å²) in [6.07, 6.45) is 0.347. The summed E-state index contributed by atoms with van der Waals surface area (Å²) in [4.78, 5) is 0. The third-order valence-corrected chi connectivity index (χ3v) is 3.43. The Morgan fingerprint density at radius 1 is 1.35 bits per heavy atom. The van der Waals surface area contributed by atoms with E-state index in [1.807, 2.05) is 6.07 Å². The smallest absolute Gasteiger partial charge is 0.0831 e. The van der Waals surface area contributed by atoms with Crippen LogP contribution in [-0.2, 0) is 0 Å². The first-order valence-electron chi connectivity index (χ1n) is 5.78. The van der Waals surface area contributed by atoms with Gasteiger partial charge in [-0.2, -0.15) is 0 Å². The van der Waals surface area contributed by atoms with Crippen molar-refractivity contribution in [3.8, 4) is 0 Å². The van der Waals surface area contributed by atoms with Gasteiger partial charge in [-0.1, -0.05) is 41.4 Å². The number of hydrogen-bond acceptors (Lipinski definition) is 2. The van der Waals surface area contributed by atoms with Crippen LogP contribution in [0.3, 0.4) is 0 Å². The van der Waals surface area contributed by atoms with E-state index in [4.69, 9.17) is 17.3 Å². The maximum absolute atomic E-state index is 10.3. The summed E-state index contributed by atoms with van der Waals surface area (Å²) in [5.74, 6) is 0.584. The average Bonchev–Trinajstić information content (AvgIpc) is 2.23. The molecule has 0 aliphatic heterocycles. The fourth-order valence-corrected chi connectivity index (χ4v) is 2.86. The van der Waals surface area contributed by atoms with Crippen molar-refractivity contribution in [2.24, 2.45) is 17.6 Å². The molecule has 0 saturated carbocycles. The van der Waals surface area contributed by atoms with Gasteiger partial charge in [0, 0.05) is 15.4 Å². The SMILES string of the molecule is CC(C)CC(CN)C(O)c1cc(Cl)cc(Br)c1. The Labute approximate surface area is 116 Å². The summed E-state index contributed by atoms with van der Waals surface area (Å²) in [6, 6.07) is 5.48. The van der Waals surface area contributed by atoms with Crippen molar-refractivity contribution < 1.29 is 5.11 Å². The van der Waals surface area contributed by atoms with Crippen molar-refractivity contribution >= 4 is 27.5 Å². The molecule has 2 atom stereocenters. The number of hydrogen-bond donors (Lipinski definition) is 2. The quantitative estimate of drug-likeness (QED) is 0.868. The summed E-state index contributed by atoms with van der Waals surface area (Å²) in [5, 5.41) is 10.9. The van der Waals surface area contributed by atoms with Gasteiger partial charge in [0.1, 0.15) is 0 Å². The molecule has 1 aromatic carbocycles. The van der Waals surface area contributed by atoms with Crippen LogP contribution in [0, 0.1) is 11.8 Å². The monoisotopic (exact) mass is 319 g/mol. The fourth-order valence-electron chi connectivity index (χ4n) is 1.98. The van der Waals surface area contributed by atoms with Crippen LogP contribution in [0.5, 0.6) is 0 Å². The van der Waals surface area contributed by atoms with Crippen molar-refractivity contribution in [2.75, 3.05) is 6.54 Å². The molecule has 17 heavy (non-hydrogen) atoms. The average molecular weight is 321 g/mol. The first-order valence-corrected chi connectivity index (χ1v) is 6.95. The largest absolute Gasteiger partial charge is 0.388 e. The van der Waals surface area contributed by atoms with Crippen LogP contribution < -0.4 is 5.73 Å². The molecule has 2 nitrogen and oxygen atoms in total. The van der Waals surface area contributed by atoms with Gasteiger partial charge in [-0.15, -0.1) is 0 Å². The van der Waals surface area contributed by atoms with Crippen molar-refractivity contribution in [1.29, 1.82) is 0 Å². The molecule has 2 unspecified atom stereocenters. The van der Waals surface area contributed by atoms with Crippen LogP contribution in [0.15, 0.2) is 22.7 Å². The van der Waals surface area contributed by atoms with E-state index in [9.17, 15) is 5.11 Å². The second-order valence-electron chi connectivity index (χ2n) is 4.77. The number of aliphatic hydroxyl groups is 1. The standard InChI is InChI=1S/C13H19BrClNO/c1-8(2)3-10(7-16)13(17)9-4-11(14)6-12(15)5-9/h4-6,8,10,13,17H,3,7,16H2,1-2H3. The lowest BCUT2D eigenvalue weighted by atomic mass is 9.88. The Balaban J connectivity index is 2.89. The summed E-state index contributed by atoms with van der Waals surface area (Å²) < 4.78 is 0.874. The molecule has 4 heteroatoms. The number of halogens is 2. The highest BCUT2D eigenvalue weighted by molar-refractivity contribution is 9.10. The number of rotatable bonds is 5. The molecule has 0 aliphatic carbocycles. The molecule has 0 radical (unpaired) electrons. The normalized spacial score (nSPS) is 15.0. The molecule has 0 spiro atoms. The summed E-state index contributed by atoms with van der Waals surface area (Å²) in [6.45, 7) is 4.73. The van der Waals surface area contributed by atoms with Gasteiger partial charge in [-0.25, -0.2) is 0 Å². The highest BCUT2D eigenvalue weighted by Crippen LogP contribution is 2.30. The second kappa shape index (κ2) is 6.74. The lowest BCUT2D eigenvalue weighted by Gasteiger charge is -2.23. The van der Waals surface area contributed by atoms with E-state index in [2.05, 4.69) is 29.8 Å². The van der Waals surface area contributed by atoms with Crippen molar-refractivity contribution in [3.05, 3.63) is 33.3 Å². The third kappa shape index (κ3) is 4.59. The Kier molecular flexibility index (Phi) is 5.93. The van der Waals surface area contributed by atoms with E-state index in [-0.39, 0.29) is 5.92 Å². The van der Waals surface area contributed by atoms with Crippen LogP contribution in [0.25, 0.3) is 0 Å². The minimum absolute atomic E-state index is 0.0698. The van der Waals surface area contributed by atoms with Crippen molar-refractivity contribution in [2.45, 2.75) is 26.4 Å². The maximum Gasteiger partial charge on any atom is 0.0831 e. The molecule has 0 amide bonds. The Bertz CT molecular complexity index is 350. The number of benzene rings is 1. The fraction of sp³-hybridized carbons (Fsp3) is 0.538. The predicted molar refractivity (Wildman–Crippen MR) is 76.1 cm³/mol. The first-order chi connectivity index (χ1) is 7.93. The maximum atomic E-state index is 10.3. The third-order valence-electron chi connectivity index (χ3n) is 2.75. The summed E-state index contributed by atoms with van der Waals surface area (Å²) >= 11 is 9.35. The molecule has 0 saturated heterocycles. The molecule has 1 rings (SSSR count). The van der Waals surface area contributed by atoms with Crippen LogP contribution in [0.4, 0.5) is 0 Å². The molecule has 0 aromatic heterocycles. The molecule has 0 fully saturated rings. The zero-order valence-corrected chi connectivity index (χ0v) is 12.5. The van der Waals surface area contributed by atoms with Gasteiger partial charge in [0.2, 0.25) is 0 Å². The summed E-state index contributed by atoms with van der Waals surface area (Å²) in [7, 11) is 0. The van der Waals surface area contributed by atoms with Gasteiger partial charge >= 0.3 is 0 Å². The summed E-state index contributed by atoms with van der Waals surface area (Å²) in [5.41, 5.74) is 6.55. The first kappa shape index (κ1) is 15.0. The second-order valence-corrected chi connectivity index (χ2v) is 6.13. The highest BCUT2D eigenvalue weighted by Gasteiger charge is 2.21.